The van der Waals surface area contributed by atoms with Crippen LogP contribution >= 0.6 is 11.6 Å². The van der Waals surface area contributed by atoms with Crippen molar-refractivity contribution in [3.63, 3.8) is 0 Å². The summed E-state index contributed by atoms with van der Waals surface area (Å²) in [5.74, 6) is -0.542. The summed E-state index contributed by atoms with van der Waals surface area (Å²) in [7, 11) is 1.46. The topological polar surface area (TPSA) is 68.1 Å². The van der Waals surface area contributed by atoms with E-state index in [1.807, 2.05) is 30.3 Å². The molecule has 0 aliphatic heterocycles. The Kier molecular flexibility index (Phi) is 5.38. The van der Waals surface area contributed by atoms with Crippen LogP contribution in [0.2, 0.25) is 5.02 Å². The van der Waals surface area contributed by atoms with Crippen LogP contribution in [0.3, 0.4) is 0 Å². The monoisotopic (exact) mass is 319 g/mol. The SMILES string of the molecule is COc1cc(C=Nc2ccccc2)cc(Cl)c1OCC(=O)O. The molecular formula is C16H14ClNO4. The normalized spacial score (nSPS) is 10.6. The van der Waals surface area contributed by atoms with Gasteiger partial charge in [-0.15, -0.1) is 0 Å². The minimum atomic E-state index is -1.09. The molecule has 0 heterocycles. The summed E-state index contributed by atoms with van der Waals surface area (Å²) < 4.78 is 10.3. The van der Waals surface area contributed by atoms with Gasteiger partial charge in [0.2, 0.25) is 0 Å². The Bertz CT molecular complexity index is 686. The molecule has 2 rings (SSSR count). The van der Waals surface area contributed by atoms with Gasteiger partial charge in [-0.1, -0.05) is 29.8 Å². The molecule has 1 N–H and O–H groups in total. The highest BCUT2D eigenvalue weighted by atomic mass is 35.5. The van der Waals surface area contributed by atoms with Gasteiger partial charge in [0, 0.05) is 6.21 Å². The summed E-state index contributed by atoms with van der Waals surface area (Å²) in [4.78, 5) is 14.9. The Hall–Kier alpha value is -2.53. The molecule has 0 fully saturated rings. The van der Waals surface area contributed by atoms with Crippen molar-refractivity contribution in [3.05, 3.63) is 53.1 Å². The number of nitrogens with zero attached hydrogens (tertiary/aromatic N) is 1. The molecule has 0 aromatic heterocycles. The van der Waals surface area contributed by atoms with Gasteiger partial charge in [0.15, 0.2) is 18.1 Å². The van der Waals surface area contributed by atoms with Gasteiger partial charge in [0.05, 0.1) is 17.8 Å². The van der Waals surface area contributed by atoms with Gasteiger partial charge in [-0.05, 0) is 29.8 Å². The number of hydrogen-bond acceptors (Lipinski definition) is 4. The molecule has 0 unspecified atom stereocenters. The molecule has 5 nitrogen and oxygen atoms in total. The number of hydrogen-bond donors (Lipinski definition) is 1. The molecular weight excluding hydrogens is 306 g/mol. The first-order chi connectivity index (χ1) is 10.6. The third kappa shape index (κ3) is 4.23. The highest BCUT2D eigenvalue weighted by Crippen LogP contribution is 2.36. The number of methoxy groups -OCH3 is 1. The maximum atomic E-state index is 10.6. The lowest BCUT2D eigenvalue weighted by Gasteiger charge is -2.11. The van der Waals surface area contributed by atoms with Crippen LogP contribution in [0.25, 0.3) is 0 Å². The molecule has 6 heteroatoms. The second kappa shape index (κ2) is 7.47. The van der Waals surface area contributed by atoms with Gasteiger partial charge < -0.3 is 14.6 Å². The van der Waals surface area contributed by atoms with Gasteiger partial charge >= 0.3 is 5.97 Å². The van der Waals surface area contributed by atoms with E-state index in [9.17, 15) is 4.79 Å². The van der Waals surface area contributed by atoms with Crippen LogP contribution in [0.15, 0.2) is 47.5 Å². The van der Waals surface area contributed by atoms with E-state index in [1.165, 1.54) is 7.11 Å². The predicted octanol–water partition coefficient (Wildman–Crippen LogP) is 3.56. The summed E-state index contributed by atoms with van der Waals surface area (Å²) in [5.41, 5.74) is 1.53. The molecule has 2 aromatic carbocycles. The number of carboxylic acid groups (broad SMARTS) is 1. The van der Waals surface area contributed by atoms with Crippen molar-refractivity contribution in [2.24, 2.45) is 4.99 Å². The zero-order chi connectivity index (χ0) is 15.9. The number of ether oxygens (including phenoxy) is 2. The predicted molar refractivity (Wildman–Crippen MR) is 84.8 cm³/mol. The molecule has 0 radical (unpaired) electrons. The summed E-state index contributed by atoms with van der Waals surface area (Å²) >= 11 is 6.12. The van der Waals surface area contributed by atoms with Crippen molar-refractivity contribution in [1.29, 1.82) is 0 Å². The quantitative estimate of drug-likeness (QED) is 0.827. The van der Waals surface area contributed by atoms with Gasteiger partial charge in [-0.25, -0.2) is 4.79 Å². The molecule has 0 atom stereocenters. The number of carbonyl (C=O) groups is 1. The number of aliphatic imine (C=N–C) groups is 1. The van der Waals surface area contributed by atoms with Crippen LogP contribution in [-0.2, 0) is 4.79 Å². The Morgan fingerprint density at radius 3 is 2.68 bits per heavy atom. The molecule has 114 valence electrons. The smallest absolute Gasteiger partial charge is 0.341 e. The van der Waals surface area contributed by atoms with Crippen molar-refractivity contribution in [3.8, 4) is 11.5 Å². The summed E-state index contributed by atoms with van der Waals surface area (Å²) in [6, 6.07) is 12.8. The molecule has 22 heavy (non-hydrogen) atoms. The lowest BCUT2D eigenvalue weighted by molar-refractivity contribution is -0.139. The summed E-state index contributed by atoms with van der Waals surface area (Å²) in [6.45, 7) is -0.493. The number of rotatable bonds is 6. The first kappa shape index (κ1) is 15.9. The fourth-order valence-corrected chi connectivity index (χ4v) is 2.03. The molecule has 2 aromatic rings. The minimum Gasteiger partial charge on any atom is -0.493 e. The van der Waals surface area contributed by atoms with E-state index in [-0.39, 0.29) is 10.8 Å². The van der Waals surface area contributed by atoms with E-state index in [1.54, 1.807) is 18.3 Å². The van der Waals surface area contributed by atoms with Crippen LogP contribution in [0.5, 0.6) is 11.5 Å². The van der Waals surface area contributed by atoms with Gasteiger partial charge in [-0.3, -0.25) is 4.99 Å². The average molecular weight is 320 g/mol. The third-order valence-corrected chi connectivity index (χ3v) is 2.99. The van der Waals surface area contributed by atoms with E-state index in [0.717, 1.165) is 5.69 Å². The zero-order valence-electron chi connectivity index (χ0n) is 11.8. The van der Waals surface area contributed by atoms with Crippen molar-refractivity contribution in [2.75, 3.05) is 13.7 Å². The maximum absolute atomic E-state index is 10.6. The Labute approximate surface area is 132 Å². The van der Waals surface area contributed by atoms with Crippen molar-refractivity contribution in [1.82, 2.24) is 0 Å². The summed E-state index contributed by atoms with van der Waals surface area (Å²) in [6.07, 6.45) is 1.64. The van der Waals surface area contributed by atoms with Crippen LogP contribution in [0, 0.1) is 0 Å². The molecule has 0 bridgehead atoms. The molecule has 0 saturated heterocycles. The number of carboxylic acids is 1. The van der Waals surface area contributed by atoms with Gasteiger partial charge in [0.1, 0.15) is 0 Å². The Morgan fingerprint density at radius 2 is 2.05 bits per heavy atom. The van der Waals surface area contributed by atoms with E-state index < -0.39 is 12.6 Å². The van der Waals surface area contributed by atoms with Crippen LogP contribution in [0.4, 0.5) is 5.69 Å². The second-order valence-electron chi connectivity index (χ2n) is 4.31. The standard InChI is InChI=1S/C16H14ClNO4/c1-21-14-8-11(9-18-12-5-3-2-4-6-12)7-13(17)16(14)22-10-15(19)20/h2-9H,10H2,1H3,(H,19,20). The summed E-state index contributed by atoms with van der Waals surface area (Å²) in [5, 5.41) is 8.92. The highest BCUT2D eigenvalue weighted by molar-refractivity contribution is 6.32. The Balaban J connectivity index is 2.25. The van der Waals surface area contributed by atoms with Crippen molar-refractivity contribution < 1.29 is 19.4 Å². The fraction of sp³-hybridized carbons (Fsp3) is 0.125. The van der Waals surface area contributed by atoms with Gasteiger partial charge in [0.25, 0.3) is 0 Å². The van der Waals surface area contributed by atoms with Crippen LogP contribution in [0.1, 0.15) is 5.56 Å². The Morgan fingerprint density at radius 1 is 1.32 bits per heavy atom. The number of benzene rings is 2. The van der Waals surface area contributed by atoms with Crippen LogP contribution in [-0.4, -0.2) is 31.0 Å². The number of para-hydroxylation sites is 1. The van der Waals surface area contributed by atoms with E-state index in [0.29, 0.717) is 11.3 Å². The number of aliphatic carboxylic acids is 1. The average Bonchev–Trinajstić information content (AvgIpc) is 2.52. The molecule has 0 aliphatic rings. The number of halogens is 1. The molecule has 0 saturated carbocycles. The van der Waals surface area contributed by atoms with Gasteiger partial charge in [-0.2, -0.15) is 0 Å². The van der Waals surface area contributed by atoms with Crippen LogP contribution < -0.4 is 9.47 Å². The lowest BCUT2D eigenvalue weighted by Crippen LogP contribution is -2.10. The van der Waals surface area contributed by atoms with Crippen molar-refractivity contribution in [2.45, 2.75) is 0 Å². The fourth-order valence-electron chi connectivity index (χ4n) is 1.75. The largest absolute Gasteiger partial charge is 0.493 e. The van der Waals surface area contributed by atoms with E-state index >= 15 is 0 Å². The molecule has 0 aliphatic carbocycles. The minimum absolute atomic E-state index is 0.198. The van der Waals surface area contributed by atoms with Crippen molar-refractivity contribution >= 4 is 29.5 Å². The molecule has 0 amide bonds. The van der Waals surface area contributed by atoms with E-state index in [2.05, 4.69) is 4.99 Å². The first-order valence-electron chi connectivity index (χ1n) is 6.41. The molecule has 0 spiro atoms. The maximum Gasteiger partial charge on any atom is 0.341 e. The third-order valence-electron chi connectivity index (χ3n) is 2.71. The second-order valence-corrected chi connectivity index (χ2v) is 4.72. The lowest BCUT2D eigenvalue weighted by atomic mass is 10.2. The highest BCUT2D eigenvalue weighted by Gasteiger charge is 2.12. The zero-order valence-corrected chi connectivity index (χ0v) is 12.6. The van der Waals surface area contributed by atoms with E-state index in [4.69, 9.17) is 26.2 Å². The first-order valence-corrected chi connectivity index (χ1v) is 6.79.